The van der Waals surface area contributed by atoms with Crippen molar-refractivity contribution in [3.63, 3.8) is 0 Å². The summed E-state index contributed by atoms with van der Waals surface area (Å²) in [6.07, 6.45) is 3.79. The standard InChI is InChI=1S/C34H32BrN3O3/c1-22-7-12-30-31(16-22)38(20-28-13-15-39-28)33(36-30)19-25-9-8-24-18-32(25)40-14-3-4-23-17-27(35)11-10-26(23)21-41-34-6-2-5-29(24)37-34/h2,5-12,16-18,28H,3-4,13-15,19-21H2,1H3. The minimum atomic E-state index is 0.242. The highest BCUT2D eigenvalue weighted by molar-refractivity contribution is 9.10. The van der Waals surface area contributed by atoms with E-state index < -0.39 is 0 Å². The summed E-state index contributed by atoms with van der Waals surface area (Å²) >= 11 is 3.63. The Morgan fingerprint density at radius 3 is 2.73 bits per heavy atom. The van der Waals surface area contributed by atoms with Gasteiger partial charge in [-0.25, -0.2) is 9.97 Å². The van der Waals surface area contributed by atoms with E-state index in [1.807, 2.05) is 18.2 Å². The molecule has 2 aliphatic heterocycles. The second-order valence-electron chi connectivity index (χ2n) is 10.9. The number of ether oxygens (including phenoxy) is 3. The number of rotatable bonds is 4. The summed E-state index contributed by atoms with van der Waals surface area (Å²) in [5.41, 5.74) is 8.81. The molecule has 0 amide bonds. The molecule has 7 heteroatoms. The molecule has 0 spiro atoms. The van der Waals surface area contributed by atoms with Gasteiger partial charge in [-0.15, -0.1) is 0 Å². The Bertz CT molecular complexity index is 1730. The van der Waals surface area contributed by atoms with Crippen LogP contribution in [0, 0.1) is 6.92 Å². The molecule has 7 rings (SSSR count). The highest BCUT2D eigenvalue weighted by Gasteiger charge is 2.23. The van der Waals surface area contributed by atoms with Gasteiger partial charge in [0.1, 0.15) is 18.2 Å². The lowest BCUT2D eigenvalue weighted by Crippen LogP contribution is -2.31. The second-order valence-corrected chi connectivity index (χ2v) is 11.8. The van der Waals surface area contributed by atoms with E-state index in [1.54, 1.807) is 0 Å². The summed E-state index contributed by atoms with van der Waals surface area (Å²) in [6.45, 7) is 4.88. The number of benzene rings is 3. The molecule has 4 heterocycles. The molecule has 1 unspecified atom stereocenters. The third-order valence-corrected chi connectivity index (χ3v) is 8.48. The van der Waals surface area contributed by atoms with Gasteiger partial charge in [-0.1, -0.05) is 46.3 Å². The Morgan fingerprint density at radius 2 is 1.85 bits per heavy atom. The number of hydrogen-bond donors (Lipinski definition) is 0. The number of halogens is 1. The fraction of sp³-hybridized carbons (Fsp3) is 0.294. The fourth-order valence-corrected chi connectivity index (χ4v) is 6.05. The number of aryl methyl sites for hydroxylation is 2. The molecule has 2 aliphatic rings. The molecule has 3 aromatic carbocycles. The first-order chi connectivity index (χ1) is 20.1. The zero-order valence-electron chi connectivity index (χ0n) is 23.1. The minimum absolute atomic E-state index is 0.242. The smallest absolute Gasteiger partial charge is 0.214 e. The van der Waals surface area contributed by atoms with E-state index in [2.05, 4.69) is 82.0 Å². The van der Waals surface area contributed by atoms with Gasteiger partial charge < -0.3 is 18.8 Å². The van der Waals surface area contributed by atoms with E-state index in [9.17, 15) is 0 Å². The molecule has 6 nitrogen and oxygen atoms in total. The van der Waals surface area contributed by atoms with E-state index in [0.717, 1.165) is 76.3 Å². The first kappa shape index (κ1) is 26.2. The molecule has 0 saturated carbocycles. The molecule has 0 aliphatic carbocycles. The van der Waals surface area contributed by atoms with Gasteiger partial charge in [-0.2, -0.15) is 0 Å². The predicted octanol–water partition coefficient (Wildman–Crippen LogP) is 7.45. The lowest BCUT2D eigenvalue weighted by Gasteiger charge is -2.27. The van der Waals surface area contributed by atoms with Crippen LogP contribution in [0.3, 0.4) is 0 Å². The van der Waals surface area contributed by atoms with Crippen LogP contribution in [0.2, 0.25) is 0 Å². The Kier molecular flexibility index (Phi) is 7.23. The number of fused-ring (bicyclic) bond motifs is 7. The van der Waals surface area contributed by atoms with Gasteiger partial charge in [0, 0.05) is 34.7 Å². The summed E-state index contributed by atoms with van der Waals surface area (Å²) in [5.74, 6) is 2.51. The van der Waals surface area contributed by atoms with Crippen LogP contribution in [0.1, 0.15) is 40.9 Å². The maximum Gasteiger partial charge on any atom is 0.214 e. The van der Waals surface area contributed by atoms with E-state index in [4.69, 9.17) is 24.2 Å². The van der Waals surface area contributed by atoms with Crippen molar-refractivity contribution in [1.82, 2.24) is 14.5 Å². The Balaban J connectivity index is 1.25. The Morgan fingerprint density at radius 1 is 0.927 bits per heavy atom. The van der Waals surface area contributed by atoms with Crippen LogP contribution in [0.5, 0.6) is 11.6 Å². The first-order valence-electron chi connectivity index (χ1n) is 14.3. The van der Waals surface area contributed by atoms with Gasteiger partial charge in [0.25, 0.3) is 0 Å². The molecule has 5 aromatic rings. The highest BCUT2D eigenvalue weighted by Crippen LogP contribution is 2.32. The molecule has 208 valence electrons. The van der Waals surface area contributed by atoms with Crippen LogP contribution in [-0.2, 0) is 30.7 Å². The highest BCUT2D eigenvalue weighted by atomic mass is 79.9. The lowest BCUT2D eigenvalue weighted by molar-refractivity contribution is -0.0589. The topological polar surface area (TPSA) is 58.4 Å². The third-order valence-electron chi connectivity index (χ3n) is 7.99. The number of nitrogens with zero attached hydrogens (tertiary/aromatic N) is 3. The monoisotopic (exact) mass is 609 g/mol. The van der Waals surface area contributed by atoms with Gasteiger partial charge in [0.15, 0.2) is 0 Å². The maximum atomic E-state index is 6.53. The first-order valence-corrected chi connectivity index (χ1v) is 15.1. The van der Waals surface area contributed by atoms with Gasteiger partial charge in [-0.3, -0.25) is 0 Å². The van der Waals surface area contributed by atoms with Gasteiger partial charge in [0.05, 0.1) is 36.0 Å². The third kappa shape index (κ3) is 5.61. The zero-order chi connectivity index (χ0) is 27.8. The SMILES string of the molecule is Cc1ccc2nc(Cc3ccc4cc3OCCCc3cc(Br)ccc3COc3cccc-4n3)n(CC3CCO3)c2c1. The number of aromatic nitrogens is 3. The molecule has 2 aromatic heterocycles. The van der Waals surface area contributed by atoms with Crippen molar-refractivity contribution < 1.29 is 14.2 Å². The number of imidazole rings is 1. The summed E-state index contributed by atoms with van der Waals surface area (Å²) in [4.78, 5) is 9.89. The van der Waals surface area contributed by atoms with Crippen molar-refractivity contribution in [3.8, 4) is 22.9 Å². The molecule has 1 fully saturated rings. The number of hydrogen-bond acceptors (Lipinski definition) is 5. The van der Waals surface area contributed by atoms with E-state index in [-0.39, 0.29) is 6.10 Å². The molecule has 41 heavy (non-hydrogen) atoms. The van der Waals surface area contributed by atoms with Crippen LogP contribution in [0.25, 0.3) is 22.3 Å². The molecular formula is C34H32BrN3O3. The molecular weight excluding hydrogens is 578 g/mol. The molecule has 4 bridgehead atoms. The molecule has 0 radical (unpaired) electrons. The van der Waals surface area contributed by atoms with Crippen LogP contribution in [-0.4, -0.2) is 33.9 Å². The largest absolute Gasteiger partial charge is 0.493 e. The predicted molar refractivity (Wildman–Crippen MR) is 164 cm³/mol. The summed E-state index contributed by atoms with van der Waals surface area (Å²) in [5, 5.41) is 0. The van der Waals surface area contributed by atoms with Crippen molar-refractivity contribution in [2.24, 2.45) is 0 Å². The van der Waals surface area contributed by atoms with Crippen LogP contribution >= 0.6 is 15.9 Å². The van der Waals surface area contributed by atoms with E-state index >= 15 is 0 Å². The van der Waals surface area contributed by atoms with Gasteiger partial charge in [-0.05, 0) is 79.3 Å². The average molecular weight is 611 g/mol. The zero-order valence-corrected chi connectivity index (χ0v) is 24.7. The molecule has 0 N–H and O–H groups in total. The fourth-order valence-electron chi connectivity index (χ4n) is 5.64. The van der Waals surface area contributed by atoms with Crippen LogP contribution in [0.15, 0.2) is 77.3 Å². The van der Waals surface area contributed by atoms with Gasteiger partial charge >= 0.3 is 0 Å². The lowest BCUT2D eigenvalue weighted by atomic mass is 10.0. The summed E-state index contributed by atoms with van der Waals surface area (Å²) < 4.78 is 21.9. The van der Waals surface area contributed by atoms with Crippen LogP contribution < -0.4 is 9.47 Å². The number of pyridine rings is 1. The minimum Gasteiger partial charge on any atom is -0.493 e. The Hall–Kier alpha value is -3.68. The average Bonchev–Trinajstić information content (AvgIpc) is 3.28. The van der Waals surface area contributed by atoms with Crippen LogP contribution in [0.4, 0.5) is 0 Å². The van der Waals surface area contributed by atoms with Crippen molar-refractivity contribution in [3.05, 3.63) is 105 Å². The maximum absolute atomic E-state index is 6.53. The molecule has 1 atom stereocenters. The normalized spacial score (nSPS) is 16.7. The van der Waals surface area contributed by atoms with Crippen molar-refractivity contribution in [2.75, 3.05) is 13.2 Å². The second kappa shape index (κ2) is 11.3. The van der Waals surface area contributed by atoms with Crippen molar-refractivity contribution >= 4 is 27.0 Å². The summed E-state index contributed by atoms with van der Waals surface area (Å²) in [6, 6.07) is 25.2. The van der Waals surface area contributed by atoms with Crippen molar-refractivity contribution in [1.29, 1.82) is 0 Å². The molecule has 1 saturated heterocycles. The van der Waals surface area contributed by atoms with Crippen molar-refractivity contribution in [2.45, 2.75) is 51.9 Å². The quantitative estimate of drug-likeness (QED) is 0.212. The van der Waals surface area contributed by atoms with E-state index in [1.165, 1.54) is 16.7 Å². The Labute approximate surface area is 248 Å². The van der Waals surface area contributed by atoms with E-state index in [0.29, 0.717) is 25.5 Å². The van der Waals surface area contributed by atoms with Gasteiger partial charge in [0.2, 0.25) is 5.88 Å². The summed E-state index contributed by atoms with van der Waals surface area (Å²) in [7, 11) is 0.